The highest BCUT2D eigenvalue weighted by Crippen LogP contribution is 2.33. The molecule has 2 heterocycles. The predicted molar refractivity (Wildman–Crippen MR) is 112 cm³/mol. The second kappa shape index (κ2) is 8.34. The number of nitrogens with one attached hydrogen (secondary N) is 2. The van der Waals surface area contributed by atoms with Crippen LogP contribution in [0.1, 0.15) is 15.9 Å². The SMILES string of the molecule is Cn1nc(-c2ccccc2)c2cc(C(=O)NC(=O)Nc3ccc(F)c(C(F)(F)F)c3)cnc21. The standard InChI is InChI=1S/C22H15F4N5O2/c1-31-19-15(18(30-31)12-5-3-2-4-6-12)9-13(11-27-19)20(32)29-21(33)28-14-7-8-17(23)16(10-14)22(24,25)26/h2-11H,1H3,(H2,28,29,32,33). The van der Waals surface area contributed by atoms with Gasteiger partial charge in [-0.05, 0) is 24.3 Å². The van der Waals surface area contributed by atoms with Crippen LogP contribution in [-0.2, 0) is 13.2 Å². The van der Waals surface area contributed by atoms with Gasteiger partial charge >= 0.3 is 12.2 Å². The molecule has 11 heteroatoms. The monoisotopic (exact) mass is 457 g/mol. The van der Waals surface area contributed by atoms with E-state index in [1.807, 2.05) is 35.6 Å². The number of carbonyl (C=O) groups is 2. The smallest absolute Gasteiger partial charge is 0.308 e. The van der Waals surface area contributed by atoms with Crippen LogP contribution < -0.4 is 10.6 Å². The van der Waals surface area contributed by atoms with E-state index in [0.717, 1.165) is 11.6 Å². The summed E-state index contributed by atoms with van der Waals surface area (Å²) >= 11 is 0. The van der Waals surface area contributed by atoms with Gasteiger partial charge in [0.2, 0.25) is 0 Å². The minimum absolute atomic E-state index is 0.0397. The molecule has 0 saturated heterocycles. The molecule has 4 rings (SSSR count). The Bertz CT molecular complexity index is 1370. The Morgan fingerprint density at radius 3 is 2.45 bits per heavy atom. The number of carbonyl (C=O) groups excluding carboxylic acids is 2. The zero-order chi connectivity index (χ0) is 23.8. The first kappa shape index (κ1) is 21.9. The first-order chi connectivity index (χ1) is 15.6. The maximum absolute atomic E-state index is 13.4. The van der Waals surface area contributed by atoms with Gasteiger partial charge in [-0.15, -0.1) is 0 Å². The number of imide groups is 1. The van der Waals surface area contributed by atoms with E-state index >= 15 is 0 Å². The van der Waals surface area contributed by atoms with Crippen molar-refractivity contribution in [1.29, 1.82) is 0 Å². The fourth-order valence-electron chi connectivity index (χ4n) is 3.23. The number of pyridine rings is 1. The quantitative estimate of drug-likeness (QED) is 0.435. The van der Waals surface area contributed by atoms with Gasteiger partial charge in [0.05, 0.1) is 11.1 Å². The van der Waals surface area contributed by atoms with Crippen LogP contribution in [0.25, 0.3) is 22.3 Å². The Labute approximate surface area is 184 Å². The molecule has 0 aliphatic rings. The van der Waals surface area contributed by atoms with E-state index in [1.165, 1.54) is 12.3 Å². The first-order valence-corrected chi connectivity index (χ1v) is 9.51. The molecule has 0 radical (unpaired) electrons. The van der Waals surface area contributed by atoms with Crippen molar-refractivity contribution in [2.75, 3.05) is 5.32 Å². The molecule has 2 N–H and O–H groups in total. The second-order valence-corrected chi connectivity index (χ2v) is 7.03. The van der Waals surface area contributed by atoms with E-state index in [0.29, 0.717) is 28.9 Å². The van der Waals surface area contributed by atoms with Crippen LogP contribution in [0, 0.1) is 5.82 Å². The zero-order valence-electron chi connectivity index (χ0n) is 16.9. The van der Waals surface area contributed by atoms with Crippen LogP contribution in [0.4, 0.5) is 28.0 Å². The van der Waals surface area contributed by atoms with Gasteiger partial charge in [0.25, 0.3) is 5.91 Å². The van der Waals surface area contributed by atoms with Gasteiger partial charge in [-0.2, -0.15) is 18.3 Å². The molecule has 4 aromatic rings. The molecule has 2 aromatic heterocycles. The Hall–Kier alpha value is -4.28. The van der Waals surface area contributed by atoms with E-state index in [4.69, 9.17) is 0 Å². The first-order valence-electron chi connectivity index (χ1n) is 9.51. The van der Waals surface area contributed by atoms with E-state index in [-0.39, 0.29) is 11.3 Å². The van der Waals surface area contributed by atoms with Crippen molar-refractivity contribution in [2.45, 2.75) is 6.18 Å². The topological polar surface area (TPSA) is 88.9 Å². The third-order valence-electron chi connectivity index (χ3n) is 4.74. The number of rotatable bonds is 3. The highest BCUT2D eigenvalue weighted by atomic mass is 19.4. The molecule has 0 bridgehead atoms. The lowest BCUT2D eigenvalue weighted by molar-refractivity contribution is -0.139. The molecular formula is C22H15F4N5O2. The summed E-state index contributed by atoms with van der Waals surface area (Å²) in [6, 6.07) is 11.6. The van der Waals surface area contributed by atoms with Crippen molar-refractivity contribution in [1.82, 2.24) is 20.1 Å². The number of alkyl halides is 3. The molecule has 2 aromatic carbocycles. The van der Waals surface area contributed by atoms with E-state index in [9.17, 15) is 27.2 Å². The summed E-state index contributed by atoms with van der Waals surface area (Å²) in [4.78, 5) is 28.9. The van der Waals surface area contributed by atoms with Crippen molar-refractivity contribution in [2.24, 2.45) is 7.05 Å². The highest BCUT2D eigenvalue weighted by Gasteiger charge is 2.34. The van der Waals surface area contributed by atoms with Crippen LogP contribution >= 0.6 is 0 Å². The molecule has 33 heavy (non-hydrogen) atoms. The summed E-state index contributed by atoms with van der Waals surface area (Å²) < 4.78 is 53.5. The Balaban J connectivity index is 1.55. The number of aromatic nitrogens is 3. The number of benzene rings is 2. The molecular weight excluding hydrogens is 442 g/mol. The summed E-state index contributed by atoms with van der Waals surface area (Å²) in [6.45, 7) is 0. The largest absolute Gasteiger partial charge is 0.419 e. The molecule has 7 nitrogen and oxygen atoms in total. The number of amides is 3. The molecule has 0 atom stereocenters. The van der Waals surface area contributed by atoms with Crippen molar-refractivity contribution in [3.8, 4) is 11.3 Å². The lowest BCUT2D eigenvalue weighted by Crippen LogP contribution is -2.34. The minimum Gasteiger partial charge on any atom is -0.308 e. The van der Waals surface area contributed by atoms with Crippen LogP contribution in [0.2, 0.25) is 0 Å². The summed E-state index contributed by atoms with van der Waals surface area (Å²) in [5.74, 6) is -2.31. The van der Waals surface area contributed by atoms with E-state index < -0.39 is 29.5 Å². The highest BCUT2D eigenvalue weighted by molar-refractivity contribution is 6.09. The summed E-state index contributed by atoms with van der Waals surface area (Å²) in [5, 5.41) is 9.11. The van der Waals surface area contributed by atoms with Gasteiger partial charge in [0.1, 0.15) is 11.5 Å². The van der Waals surface area contributed by atoms with Crippen molar-refractivity contribution < 1.29 is 27.2 Å². The number of nitrogens with zero attached hydrogens (tertiary/aromatic N) is 3. The average molecular weight is 457 g/mol. The van der Waals surface area contributed by atoms with E-state index in [1.54, 1.807) is 11.7 Å². The third kappa shape index (κ3) is 4.52. The van der Waals surface area contributed by atoms with Crippen LogP contribution in [0.5, 0.6) is 0 Å². The number of hydrogen-bond acceptors (Lipinski definition) is 4. The number of fused-ring (bicyclic) bond motifs is 1. The maximum atomic E-state index is 13.4. The van der Waals surface area contributed by atoms with Crippen LogP contribution in [0.15, 0.2) is 60.8 Å². The number of aryl methyl sites for hydroxylation is 1. The van der Waals surface area contributed by atoms with Gasteiger partial charge in [-0.1, -0.05) is 30.3 Å². The summed E-state index contributed by atoms with van der Waals surface area (Å²) in [5.41, 5.74) is 0.0777. The summed E-state index contributed by atoms with van der Waals surface area (Å²) in [7, 11) is 1.70. The number of anilines is 1. The Morgan fingerprint density at radius 1 is 1.03 bits per heavy atom. The molecule has 0 aliphatic heterocycles. The summed E-state index contributed by atoms with van der Waals surface area (Å²) in [6.07, 6.45) is -3.68. The normalized spacial score (nSPS) is 11.4. The van der Waals surface area contributed by atoms with Crippen LogP contribution in [0.3, 0.4) is 0 Å². The fourth-order valence-corrected chi connectivity index (χ4v) is 3.23. The molecule has 168 valence electrons. The molecule has 0 unspecified atom stereocenters. The van der Waals surface area contributed by atoms with Gasteiger partial charge in [-0.3, -0.25) is 10.1 Å². The predicted octanol–water partition coefficient (Wildman–Crippen LogP) is 4.76. The lowest BCUT2D eigenvalue weighted by Gasteiger charge is -2.11. The number of halogens is 4. The Kier molecular flexibility index (Phi) is 5.54. The Morgan fingerprint density at radius 2 is 1.76 bits per heavy atom. The van der Waals surface area contributed by atoms with Crippen molar-refractivity contribution >= 4 is 28.7 Å². The van der Waals surface area contributed by atoms with Crippen molar-refractivity contribution in [3.05, 3.63) is 77.7 Å². The molecule has 3 amide bonds. The average Bonchev–Trinajstić information content (AvgIpc) is 3.11. The van der Waals surface area contributed by atoms with E-state index in [2.05, 4.69) is 15.4 Å². The van der Waals surface area contributed by atoms with Gasteiger partial charge < -0.3 is 5.32 Å². The number of urea groups is 1. The lowest BCUT2D eigenvalue weighted by atomic mass is 10.1. The maximum Gasteiger partial charge on any atom is 0.419 e. The number of hydrogen-bond donors (Lipinski definition) is 2. The van der Waals surface area contributed by atoms with Gasteiger partial charge in [0.15, 0.2) is 5.65 Å². The molecule has 0 fully saturated rings. The molecule has 0 spiro atoms. The van der Waals surface area contributed by atoms with Crippen molar-refractivity contribution in [3.63, 3.8) is 0 Å². The van der Waals surface area contributed by atoms with Crippen LogP contribution in [-0.4, -0.2) is 26.7 Å². The zero-order valence-corrected chi connectivity index (χ0v) is 16.9. The minimum atomic E-state index is -4.94. The third-order valence-corrected chi connectivity index (χ3v) is 4.74. The molecule has 0 saturated carbocycles. The fraction of sp³-hybridized carbons (Fsp3) is 0.0909. The van der Waals surface area contributed by atoms with Gasteiger partial charge in [-0.25, -0.2) is 18.9 Å². The van der Waals surface area contributed by atoms with Gasteiger partial charge in [0, 0.05) is 29.9 Å². The molecule has 0 aliphatic carbocycles. The second-order valence-electron chi connectivity index (χ2n) is 7.03.